The maximum absolute atomic E-state index is 10.9. The molecule has 6 heteroatoms. The number of nitro groups is 1. The van der Waals surface area contributed by atoms with Gasteiger partial charge in [-0.3, -0.25) is 10.1 Å². The third kappa shape index (κ3) is 2.38. The predicted molar refractivity (Wildman–Crippen MR) is 67.7 cm³/mol. The Hall–Kier alpha value is -2.21. The monoisotopic (exact) mass is 246 g/mol. The second-order valence-electron chi connectivity index (χ2n) is 4.01. The Bertz CT molecular complexity index is 577. The average Bonchev–Trinajstić information content (AvgIpc) is 2.78. The number of benzene rings is 1. The van der Waals surface area contributed by atoms with Crippen molar-refractivity contribution in [2.75, 3.05) is 7.05 Å². The molecule has 0 aliphatic rings. The van der Waals surface area contributed by atoms with Gasteiger partial charge < -0.3 is 5.32 Å². The minimum atomic E-state index is -0.378. The van der Waals surface area contributed by atoms with Gasteiger partial charge >= 0.3 is 0 Å². The minimum Gasteiger partial charge on any atom is -0.314 e. The van der Waals surface area contributed by atoms with Gasteiger partial charge in [0.2, 0.25) is 0 Å². The molecule has 1 N–H and O–H groups in total. The fourth-order valence-corrected chi connectivity index (χ4v) is 1.72. The van der Waals surface area contributed by atoms with E-state index in [1.54, 1.807) is 23.9 Å². The van der Waals surface area contributed by atoms with Gasteiger partial charge in [-0.25, -0.2) is 4.68 Å². The average molecular weight is 246 g/mol. The van der Waals surface area contributed by atoms with E-state index in [4.69, 9.17) is 0 Å². The first-order valence-corrected chi connectivity index (χ1v) is 5.56. The normalized spacial score (nSPS) is 10.6. The lowest BCUT2D eigenvalue weighted by molar-refractivity contribution is -0.385. The number of aromatic nitrogens is 2. The summed E-state index contributed by atoms with van der Waals surface area (Å²) in [5.41, 5.74) is 2.33. The lowest BCUT2D eigenvalue weighted by Gasteiger charge is -2.03. The van der Waals surface area contributed by atoms with Crippen LogP contribution < -0.4 is 5.32 Å². The van der Waals surface area contributed by atoms with Crippen molar-refractivity contribution in [3.63, 3.8) is 0 Å². The van der Waals surface area contributed by atoms with Gasteiger partial charge in [-0.15, -0.1) is 0 Å². The number of nitrogens with one attached hydrogen (secondary N) is 1. The number of rotatable bonds is 4. The summed E-state index contributed by atoms with van der Waals surface area (Å²) in [5.74, 6) is 0. The highest BCUT2D eigenvalue weighted by molar-refractivity contribution is 5.48. The highest BCUT2D eigenvalue weighted by atomic mass is 16.6. The van der Waals surface area contributed by atoms with Crippen molar-refractivity contribution in [3.05, 3.63) is 51.8 Å². The molecule has 94 valence electrons. The van der Waals surface area contributed by atoms with E-state index in [-0.39, 0.29) is 10.6 Å². The first kappa shape index (κ1) is 12.3. The molecule has 0 fully saturated rings. The SMILES string of the molecule is CNCc1ccn(-c2ccc(C)c([N+](=O)[O-])c2)n1. The second kappa shape index (κ2) is 4.97. The van der Waals surface area contributed by atoms with Crippen LogP contribution in [-0.2, 0) is 6.54 Å². The smallest absolute Gasteiger partial charge is 0.274 e. The van der Waals surface area contributed by atoms with Crippen molar-refractivity contribution >= 4 is 5.69 Å². The number of hydrogen-bond donors (Lipinski definition) is 1. The number of aryl methyl sites for hydroxylation is 1. The molecule has 1 heterocycles. The summed E-state index contributed by atoms with van der Waals surface area (Å²) in [6, 6.07) is 6.96. The van der Waals surface area contributed by atoms with Crippen LogP contribution in [0.2, 0.25) is 0 Å². The Morgan fingerprint density at radius 1 is 1.44 bits per heavy atom. The van der Waals surface area contributed by atoms with Gasteiger partial charge in [0.1, 0.15) is 0 Å². The van der Waals surface area contributed by atoms with Gasteiger partial charge in [0.05, 0.1) is 16.3 Å². The van der Waals surface area contributed by atoms with Crippen LogP contribution >= 0.6 is 0 Å². The lowest BCUT2D eigenvalue weighted by Crippen LogP contribution is -2.06. The molecule has 2 aromatic rings. The first-order chi connectivity index (χ1) is 8.61. The topological polar surface area (TPSA) is 73.0 Å². The van der Waals surface area contributed by atoms with Crippen molar-refractivity contribution < 1.29 is 4.92 Å². The van der Waals surface area contributed by atoms with Crippen molar-refractivity contribution in [2.45, 2.75) is 13.5 Å². The Labute approximate surface area is 104 Å². The quantitative estimate of drug-likeness (QED) is 0.659. The van der Waals surface area contributed by atoms with Crippen molar-refractivity contribution in [1.29, 1.82) is 0 Å². The van der Waals surface area contributed by atoms with Crippen LogP contribution in [0.5, 0.6) is 0 Å². The molecule has 6 nitrogen and oxygen atoms in total. The summed E-state index contributed by atoms with van der Waals surface area (Å²) >= 11 is 0. The van der Waals surface area contributed by atoms with E-state index in [1.807, 2.05) is 19.2 Å². The minimum absolute atomic E-state index is 0.109. The van der Waals surface area contributed by atoms with Crippen molar-refractivity contribution in [2.24, 2.45) is 0 Å². The molecule has 0 unspecified atom stereocenters. The molecule has 0 saturated carbocycles. The summed E-state index contributed by atoms with van der Waals surface area (Å²) in [6.07, 6.45) is 1.79. The molecule has 0 aliphatic heterocycles. The molecule has 0 saturated heterocycles. The Kier molecular flexibility index (Phi) is 3.38. The van der Waals surface area contributed by atoms with E-state index >= 15 is 0 Å². The van der Waals surface area contributed by atoms with Crippen molar-refractivity contribution in [1.82, 2.24) is 15.1 Å². The Morgan fingerprint density at radius 2 is 2.22 bits per heavy atom. The van der Waals surface area contributed by atoms with Gasteiger partial charge in [0.25, 0.3) is 5.69 Å². The molecule has 0 aliphatic carbocycles. The zero-order valence-electron chi connectivity index (χ0n) is 10.3. The van der Waals surface area contributed by atoms with E-state index in [0.717, 1.165) is 5.69 Å². The lowest BCUT2D eigenvalue weighted by atomic mass is 10.2. The summed E-state index contributed by atoms with van der Waals surface area (Å²) in [4.78, 5) is 10.5. The van der Waals surface area contributed by atoms with E-state index in [1.165, 1.54) is 6.07 Å². The number of hydrogen-bond acceptors (Lipinski definition) is 4. The molecule has 0 amide bonds. The fraction of sp³-hybridized carbons (Fsp3) is 0.250. The molecule has 0 spiro atoms. The van der Waals surface area contributed by atoms with Crippen LogP contribution in [0, 0.1) is 17.0 Å². The fourth-order valence-electron chi connectivity index (χ4n) is 1.72. The summed E-state index contributed by atoms with van der Waals surface area (Å²) in [7, 11) is 1.84. The zero-order chi connectivity index (χ0) is 13.1. The Morgan fingerprint density at radius 3 is 2.89 bits per heavy atom. The molecule has 0 atom stereocenters. The standard InChI is InChI=1S/C12H14N4O2/c1-9-3-4-11(7-12(9)16(17)18)15-6-5-10(14-15)8-13-2/h3-7,13H,8H2,1-2H3. The molecular formula is C12H14N4O2. The Balaban J connectivity index is 2.38. The third-order valence-corrected chi connectivity index (χ3v) is 2.66. The maximum atomic E-state index is 10.9. The van der Waals surface area contributed by atoms with E-state index in [9.17, 15) is 10.1 Å². The third-order valence-electron chi connectivity index (χ3n) is 2.66. The molecule has 18 heavy (non-hydrogen) atoms. The van der Waals surface area contributed by atoms with Crippen LogP contribution in [0.4, 0.5) is 5.69 Å². The zero-order valence-corrected chi connectivity index (χ0v) is 10.3. The van der Waals surface area contributed by atoms with Crippen LogP contribution in [0.15, 0.2) is 30.5 Å². The highest BCUT2D eigenvalue weighted by Crippen LogP contribution is 2.21. The maximum Gasteiger partial charge on any atom is 0.274 e. The van der Waals surface area contributed by atoms with E-state index in [2.05, 4.69) is 10.4 Å². The molecule has 1 aromatic heterocycles. The molecule has 0 bridgehead atoms. The summed E-state index contributed by atoms with van der Waals surface area (Å²) < 4.78 is 1.64. The van der Waals surface area contributed by atoms with Crippen LogP contribution in [0.1, 0.15) is 11.3 Å². The highest BCUT2D eigenvalue weighted by Gasteiger charge is 2.12. The summed E-state index contributed by atoms with van der Waals surface area (Å²) in [6.45, 7) is 2.39. The van der Waals surface area contributed by atoms with Gasteiger partial charge in [-0.1, -0.05) is 6.07 Å². The molecule has 1 aromatic carbocycles. The molecule has 2 rings (SSSR count). The second-order valence-corrected chi connectivity index (χ2v) is 4.01. The van der Waals surface area contributed by atoms with Crippen LogP contribution in [0.25, 0.3) is 5.69 Å². The summed E-state index contributed by atoms with van der Waals surface area (Å²) in [5, 5.41) is 18.2. The van der Waals surface area contributed by atoms with Crippen LogP contribution in [0.3, 0.4) is 0 Å². The molecule has 0 radical (unpaired) electrons. The van der Waals surface area contributed by atoms with E-state index in [0.29, 0.717) is 17.8 Å². The van der Waals surface area contributed by atoms with Gasteiger partial charge in [-0.2, -0.15) is 5.10 Å². The van der Waals surface area contributed by atoms with Crippen molar-refractivity contribution in [3.8, 4) is 5.69 Å². The van der Waals surface area contributed by atoms with Gasteiger partial charge in [0, 0.05) is 24.4 Å². The van der Waals surface area contributed by atoms with Crippen LogP contribution in [-0.4, -0.2) is 21.8 Å². The van der Waals surface area contributed by atoms with Gasteiger partial charge in [-0.05, 0) is 26.1 Å². The predicted octanol–water partition coefficient (Wildman–Crippen LogP) is 1.81. The van der Waals surface area contributed by atoms with E-state index < -0.39 is 0 Å². The number of nitrogens with zero attached hydrogens (tertiary/aromatic N) is 3. The number of nitro benzene ring substituents is 1. The largest absolute Gasteiger partial charge is 0.314 e. The molecular weight excluding hydrogens is 232 g/mol. The van der Waals surface area contributed by atoms with Gasteiger partial charge in [0.15, 0.2) is 0 Å². The first-order valence-electron chi connectivity index (χ1n) is 5.56.